The molecule has 1 aromatic carbocycles. The first-order valence-electron chi connectivity index (χ1n) is 8.80. The summed E-state index contributed by atoms with van der Waals surface area (Å²) < 4.78 is 0. The summed E-state index contributed by atoms with van der Waals surface area (Å²) in [6, 6.07) is 5.95. The predicted molar refractivity (Wildman–Crippen MR) is 88.2 cm³/mol. The van der Waals surface area contributed by atoms with Gasteiger partial charge in [-0.3, -0.25) is 9.59 Å². The minimum atomic E-state index is 0.276. The van der Waals surface area contributed by atoms with Gasteiger partial charge in [0, 0.05) is 24.8 Å². The Morgan fingerprint density at radius 2 is 1.91 bits per heavy atom. The molecule has 0 amide bonds. The highest BCUT2D eigenvalue weighted by molar-refractivity contribution is 5.96. The third kappa shape index (κ3) is 3.48. The topological polar surface area (TPSA) is 34.1 Å². The Morgan fingerprint density at radius 3 is 2.68 bits per heavy atom. The van der Waals surface area contributed by atoms with Crippen LogP contribution in [0.3, 0.4) is 0 Å². The van der Waals surface area contributed by atoms with Gasteiger partial charge in [0.2, 0.25) is 0 Å². The van der Waals surface area contributed by atoms with E-state index in [-0.39, 0.29) is 5.78 Å². The van der Waals surface area contributed by atoms with Gasteiger partial charge in [-0.05, 0) is 35.4 Å². The van der Waals surface area contributed by atoms with Gasteiger partial charge >= 0.3 is 0 Å². The van der Waals surface area contributed by atoms with E-state index in [0.717, 1.165) is 23.5 Å². The van der Waals surface area contributed by atoms with Crippen LogP contribution in [0.25, 0.3) is 0 Å². The standard InChI is InChI=1S/C20H26O2/c1-14(15-5-3-2-4-6-15)11-20(22)18-8-7-17-13-19(21)10-9-16(17)12-18/h7-8,12,14-15H,2-6,9-11,13H2,1H3/t14-/m0/s1. The lowest BCUT2D eigenvalue weighted by molar-refractivity contribution is -0.118. The molecular formula is C20H26O2. The zero-order chi connectivity index (χ0) is 15.5. The number of aryl methyl sites for hydroxylation is 1. The number of benzene rings is 1. The van der Waals surface area contributed by atoms with Crippen molar-refractivity contribution in [1.29, 1.82) is 0 Å². The van der Waals surface area contributed by atoms with Crippen molar-refractivity contribution in [3.8, 4) is 0 Å². The van der Waals surface area contributed by atoms with Crippen LogP contribution in [-0.2, 0) is 17.6 Å². The fraction of sp³-hybridized carbons (Fsp3) is 0.600. The Bertz CT molecular complexity index is 567. The molecule has 1 aromatic rings. The van der Waals surface area contributed by atoms with Crippen molar-refractivity contribution < 1.29 is 9.59 Å². The highest BCUT2D eigenvalue weighted by Gasteiger charge is 2.23. The molecule has 2 aliphatic rings. The average Bonchev–Trinajstić information content (AvgIpc) is 2.55. The maximum atomic E-state index is 12.6. The second-order valence-corrected chi connectivity index (χ2v) is 7.20. The minimum Gasteiger partial charge on any atom is -0.299 e. The Balaban J connectivity index is 1.66. The summed E-state index contributed by atoms with van der Waals surface area (Å²) >= 11 is 0. The van der Waals surface area contributed by atoms with Crippen molar-refractivity contribution in [2.24, 2.45) is 11.8 Å². The largest absolute Gasteiger partial charge is 0.299 e. The molecule has 3 rings (SSSR count). The molecule has 0 aromatic heterocycles. The average molecular weight is 298 g/mol. The Morgan fingerprint density at radius 1 is 1.14 bits per heavy atom. The SMILES string of the molecule is C[C@@H](CC(=O)c1ccc2c(c1)CCC(=O)C2)C1CCCCC1. The van der Waals surface area contributed by atoms with E-state index < -0.39 is 0 Å². The Kier molecular flexibility index (Phi) is 4.75. The van der Waals surface area contributed by atoms with Crippen LogP contribution in [0.15, 0.2) is 18.2 Å². The summed E-state index contributed by atoms with van der Waals surface area (Å²) in [5.41, 5.74) is 3.17. The van der Waals surface area contributed by atoms with E-state index in [2.05, 4.69) is 6.92 Å². The Labute approximate surface area is 133 Å². The normalized spacial score (nSPS) is 20.5. The number of ketones is 2. The number of carbonyl (C=O) groups is 2. The van der Waals surface area contributed by atoms with Gasteiger partial charge in [-0.2, -0.15) is 0 Å². The molecule has 118 valence electrons. The fourth-order valence-electron chi connectivity index (χ4n) is 4.06. The van der Waals surface area contributed by atoms with Gasteiger partial charge in [-0.15, -0.1) is 0 Å². The molecule has 0 N–H and O–H groups in total. The zero-order valence-electron chi connectivity index (χ0n) is 13.6. The highest BCUT2D eigenvalue weighted by atomic mass is 16.1. The molecule has 1 saturated carbocycles. The van der Waals surface area contributed by atoms with Crippen LogP contribution in [0.1, 0.15) is 73.4 Å². The molecule has 0 spiro atoms. The number of Topliss-reactive ketones (excluding diaryl/α,β-unsaturated/α-hetero) is 2. The Hall–Kier alpha value is -1.44. The minimum absolute atomic E-state index is 0.276. The summed E-state index contributed by atoms with van der Waals surface area (Å²) in [6.07, 6.45) is 9.25. The second-order valence-electron chi connectivity index (χ2n) is 7.20. The van der Waals surface area contributed by atoms with Crippen molar-refractivity contribution in [3.63, 3.8) is 0 Å². The quantitative estimate of drug-likeness (QED) is 0.765. The first-order chi connectivity index (χ1) is 10.6. The molecule has 1 atom stereocenters. The number of carbonyl (C=O) groups excluding carboxylic acids is 2. The van der Waals surface area contributed by atoms with Crippen molar-refractivity contribution in [2.75, 3.05) is 0 Å². The molecule has 2 heteroatoms. The number of hydrogen-bond donors (Lipinski definition) is 0. The van der Waals surface area contributed by atoms with Crippen LogP contribution in [0.2, 0.25) is 0 Å². The monoisotopic (exact) mass is 298 g/mol. The van der Waals surface area contributed by atoms with Crippen molar-refractivity contribution in [1.82, 2.24) is 0 Å². The zero-order valence-corrected chi connectivity index (χ0v) is 13.6. The molecule has 0 aliphatic heterocycles. The van der Waals surface area contributed by atoms with Crippen molar-refractivity contribution >= 4 is 11.6 Å². The van der Waals surface area contributed by atoms with E-state index in [1.165, 1.54) is 37.7 Å². The summed E-state index contributed by atoms with van der Waals surface area (Å²) in [7, 11) is 0. The molecule has 1 fully saturated rings. The van der Waals surface area contributed by atoms with Crippen molar-refractivity contribution in [2.45, 2.75) is 64.7 Å². The van der Waals surface area contributed by atoms with Crippen molar-refractivity contribution in [3.05, 3.63) is 34.9 Å². The predicted octanol–water partition coefficient (Wildman–Crippen LogP) is 4.53. The van der Waals surface area contributed by atoms with E-state index in [9.17, 15) is 9.59 Å². The van der Waals surface area contributed by atoms with Crippen LogP contribution >= 0.6 is 0 Å². The molecule has 0 radical (unpaired) electrons. The summed E-state index contributed by atoms with van der Waals surface area (Å²) in [4.78, 5) is 24.1. The molecule has 0 unspecified atom stereocenters. The summed E-state index contributed by atoms with van der Waals surface area (Å²) in [6.45, 7) is 2.24. The van der Waals surface area contributed by atoms with Gasteiger partial charge < -0.3 is 0 Å². The maximum Gasteiger partial charge on any atom is 0.163 e. The van der Waals surface area contributed by atoms with Gasteiger partial charge in [0.05, 0.1) is 0 Å². The smallest absolute Gasteiger partial charge is 0.163 e. The van der Waals surface area contributed by atoms with E-state index in [0.29, 0.717) is 31.0 Å². The molecular weight excluding hydrogens is 272 g/mol. The first-order valence-corrected chi connectivity index (χ1v) is 8.80. The van der Waals surface area contributed by atoms with Gasteiger partial charge in [0.1, 0.15) is 5.78 Å². The lowest BCUT2D eigenvalue weighted by Crippen LogP contribution is -2.19. The summed E-state index contributed by atoms with van der Waals surface area (Å²) in [5.74, 6) is 1.81. The molecule has 0 heterocycles. The third-order valence-electron chi connectivity index (χ3n) is 5.55. The van der Waals surface area contributed by atoms with E-state index in [4.69, 9.17) is 0 Å². The molecule has 2 aliphatic carbocycles. The molecule has 2 nitrogen and oxygen atoms in total. The number of hydrogen-bond acceptors (Lipinski definition) is 2. The lowest BCUT2D eigenvalue weighted by Gasteiger charge is -2.27. The van der Waals surface area contributed by atoms with E-state index >= 15 is 0 Å². The number of fused-ring (bicyclic) bond motifs is 1. The van der Waals surface area contributed by atoms with Gasteiger partial charge in [-0.1, -0.05) is 51.2 Å². The molecule has 22 heavy (non-hydrogen) atoms. The molecule has 0 saturated heterocycles. The lowest BCUT2D eigenvalue weighted by atomic mass is 9.78. The second kappa shape index (κ2) is 6.76. The van der Waals surface area contributed by atoms with Crippen LogP contribution < -0.4 is 0 Å². The fourth-order valence-corrected chi connectivity index (χ4v) is 4.06. The first kappa shape index (κ1) is 15.5. The van der Waals surface area contributed by atoms with Gasteiger partial charge in [0.25, 0.3) is 0 Å². The number of rotatable bonds is 4. The van der Waals surface area contributed by atoms with Gasteiger partial charge in [-0.25, -0.2) is 0 Å². The van der Waals surface area contributed by atoms with E-state index in [1.54, 1.807) is 0 Å². The highest BCUT2D eigenvalue weighted by Crippen LogP contribution is 2.32. The third-order valence-corrected chi connectivity index (χ3v) is 5.55. The van der Waals surface area contributed by atoms with Crippen LogP contribution in [0, 0.1) is 11.8 Å². The molecule has 0 bridgehead atoms. The summed E-state index contributed by atoms with van der Waals surface area (Å²) in [5, 5.41) is 0. The van der Waals surface area contributed by atoms with Gasteiger partial charge in [0.15, 0.2) is 5.78 Å². The van der Waals surface area contributed by atoms with Crippen LogP contribution in [-0.4, -0.2) is 11.6 Å². The van der Waals surface area contributed by atoms with Crippen LogP contribution in [0.5, 0.6) is 0 Å². The maximum absolute atomic E-state index is 12.6. The van der Waals surface area contributed by atoms with E-state index in [1.807, 2.05) is 18.2 Å². The van der Waals surface area contributed by atoms with Crippen LogP contribution in [0.4, 0.5) is 0 Å².